The summed E-state index contributed by atoms with van der Waals surface area (Å²) >= 11 is 0. The van der Waals surface area contributed by atoms with Crippen LogP contribution in [0.5, 0.6) is 0 Å². The van der Waals surface area contributed by atoms with Crippen molar-refractivity contribution in [1.82, 2.24) is 25.8 Å². The first-order chi connectivity index (χ1) is 13.6. The van der Waals surface area contributed by atoms with Crippen LogP contribution in [0.1, 0.15) is 32.6 Å². The average molecular weight is 524 g/mol. The molecule has 1 saturated carbocycles. The largest absolute Gasteiger partial charge is 0.383 e. The lowest BCUT2D eigenvalue weighted by molar-refractivity contribution is -0.123. The molecule has 0 aromatic rings. The first-order valence-electron chi connectivity index (χ1n) is 10.4. The summed E-state index contributed by atoms with van der Waals surface area (Å²) in [4.78, 5) is 32.7. The van der Waals surface area contributed by atoms with Crippen LogP contribution >= 0.6 is 24.0 Å². The smallest absolute Gasteiger partial charge is 0.234 e. The number of methoxy groups -OCH3 is 1. The first-order valence-corrected chi connectivity index (χ1v) is 10.4. The fraction of sp³-hybridized carbons (Fsp3) is 0.842. The summed E-state index contributed by atoms with van der Waals surface area (Å²) in [5.41, 5.74) is 0. The van der Waals surface area contributed by atoms with Crippen molar-refractivity contribution in [2.75, 3.05) is 66.1 Å². The molecule has 1 aliphatic carbocycles. The van der Waals surface area contributed by atoms with E-state index in [0.29, 0.717) is 38.7 Å². The Kier molecular flexibility index (Phi) is 13.2. The van der Waals surface area contributed by atoms with Crippen LogP contribution in [0.15, 0.2) is 4.99 Å². The summed E-state index contributed by atoms with van der Waals surface area (Å²) in [6, 6.07) is 0.423. The lowest BCUT2D eigenvalue weighted by atomic mass is 10.3. The number of hydrogen-bond acceptors (Lipinski definition) is 5. The van der Waals surface area contributed by atoms with Crippen LogP contribution in [0, 0.1) is 0 Å². The second-order valence-corrected chi connectivity index (χ2v) is 7.29. The molecule has 0 spiro atoms. The fourth-order valence-electron chi connectivity index (χ4n) is 3.05. The number of amides is 2. The Morgan fingerprint density at radius 3 is 2.45 bits per heavy atom. The van der Waals surface area contributed by atoms with Crippen LogP contribution in [0.25, 0.3) is 0 Å². The van der Waals surface area contributed by atoms with E-state index in [-0.39, 0.29) is 35.8 Å². The number of carbonyl (C=O) groups excluding carboxylic acids is 2. The predicted molar refractivity (Wildman–Crippen MR) is 125 cm³/mol. The van der Waals surface area contributed by atoms with Gasteiger partial charge >= 0.3 is 0 Å². The van der Waals surface area contributed by atoms with Gasteiger partial charge in [-0.25, -0.2) is 0 Å². The number of ether oxygens (including phenoxy) is 1. The van der Waals surface area contributed by atoms with Crippen LogP contribution in [-0.4, -0.2) is 99.7 Å². The number of halogens is 1. The number of guanidine groups is 1. The molecule has 1 heterocycles. The summed E-state index contributed by atoms with van der Waals surface area (Å²) in [5.74, 6) is 1.07. The number of nitrogens with one attached hydrogen (secondary N) is 3. The van der Waals surface area contributed by atoms with Crippen molar-refractivity contribution in [3.05, 3.63) is 0 Å². The predicted octanol–water partition coefficient (Wildman–Crippen LogP) is 0.00890. The first kappa shape index (κ1) is 25.9. The number of hydrogen-bond donors (Lipinski definition) is 3. The maximum atomic E-state index is 11.9. The summed E-state index contributed by atoms with van der Waals surface area (Å²) in [6.45, 7) is 8.32. The van der Waals surface area contributed by atoms with Crippen molar-refractivity contribution in [2.45, 2.75) is 38.6 Å². The van der Waals surface area contributed by atoms with Crippen molar-refractivity contribution in [3.8, 4) is 0 Å². The van der Waals surface area contributed by atoms with Crippen LogP contribution in [-0.2, 0) is 14.3 Å². The van der Waals surface area contributed by atoms with Gasteiger partial charge in [-0.05, 0) is 26.2 Å². The van der Waals surface area contributed by atoms with Crippen molar-refractivity contribution >= 4 is 41.8 Å². The number of rotatable bonds is 11. The molecule has 0 aromatic heterocycles. The quantitative estimate of drug-likeness (QED) is 0.153. The zero-order chi connectivity index (χ0) is 20.2. The second kappa shape index (κ2) is 14.8. The minimum atomic E-state index is 0. The van der Waals surface area contributed by atoms with Gasteiger partial charge in [0, 0.05) is 65.4 Å². The number of carbonyl (C=O) groups is 2. The number of aliphatic imine (C=N–C) groups is 1. The molecule has 29 heavy (non-hydrogen) atoms. The average Bonchev–Trinajstić information content (AvgIpc) is 3.49. The fourth-order valence-corrected chi connectivity index (χ4v) is 3.05. The molecule has 2 aliphatic rings. The van der Waals surface area contributed by atoms with Crippen molar-refractivity contribution in [2.24, 2.45) is 4.99 Å². The van der Waals surface area contributed by atoms with E-state index in [1.54, 1.807) is 7.11 Å². The van der Waals surface area contributed by atoms with Gasteiger partial charge in [0.25, 0.3) is 0 Å². The maximum absolute atomic E-state index is 11.9. The van der Waals surface area contributed by atoms with E-state index in [2.05, 4.69) is 37.7 Å². The molecule has 0 atom stereocenters. The molecule has 2 fully saturated rings. The van der Waals surface area contributed by atoms with Crippen molar-refractivity contribution in [1.29, 1.82) is 0 Å². The van der Waals surface area contributed by atoms with Gasteiger partial charge in [0.1, 0.15) is 0 Å². The molecular formula is C19H37IN6O3. The van der Waals surface area contributed by atoms with Gasteiger partial charge in [0.05, 0.1) is 13.2 Å². The van der Waals surface area contributed by atoms with Crippen LogP contribution in [0.3, 0.4) is 0 Å². The number of piperazine rings is 1. The van der Waals surface area contributed by atoms with Gasteiger partial charge in [0.2, 0.25) is 11.8 Å². The van der Waals surface area contributed by atoms with Gasteiger partial charge < -0.3 is 25.6 Å². The van der Waals surface area contributed by atoms with E-state index in [0.717, 1.165) is 57.9 Å². The highest BCUT2D eigenvalue weighted by atomic mass is 127. The molecule has 10 heteroatoms. The molecule has 0 aromatic carbocycles. The highest BCUT2D eigenvalue weighted by Crippen LogP contribution is 2.18. The van der Waals surface area contributed by atoms with Gasteiger partial charge in [-0.3, -0.25) is 19.5 Å². The summed E-state index contributed by atoms with van der Waals surface area (Å²) in [7, 11) is 1.62. The molecule has 2 rings (SSSR count). The van der Waals surface area contributed by atoms with Crippen LogP contribution < -0.4 is 16.0 Å². The van der Waals surface area contributed by atoms with E-state index in [1.807, 2.05) is 0 Å². The minimum absolute atomic E-state index is 0. The Morgan fingerprint density at radius 1 is 1.10 bits per heavy atom. The third-order valence-electron chi connectivity index (χ3n) is 4.77. The standard InChI is InChI=1S/C19H36N6O3.HI/c1-3-20-19(22-8-4-5-17(26)23-16-6-7-16)25-12-10-24(11-13-25)15-18(27)21-9-14-28-2;/h16H,3-15H2,1-2H3,(H,20,22)(H,21,27)(H,23,26);1H. The molecule has 168 valence electrons. The molecule has 2 amide bonds. The Bertz CT molecular complexity index is 522. The normalized spacial score (nSPS) is 17.4. The molecule has 3 N–H and O–H groups in total. The molecule has 0 unspecified atom stereocenters. The lowest BCUT2D eigenvalue weighted by Gasteiger charge is -2.36. The molecule has 0 bridgehead atoms. The molecule has 0 radical (unpaired) electrons. The second-order valence-electron chi connectivity index (χ2n) is 7.29. The van der Waals surface area contributed by atoms with Gasteiger partial charge in [-0.2, -0.15) is 0 Å². The van der Waals surface area contributed by atoms with E-state index < -0.39 is 0 Å². The Hall–Kier alpha value is -1.14. The third-order valence-corrected chi connectivity index (χ3v) is 4.77. The minimum Gasteiger partial charge on any atom is -0.383 e. The number of nitrogens with zero attached hydrogens (tertiary/aromatic N) is 3. The topological polar surface area (TPSA) is 98.3 Å². The molecule has 1 aliphatic heterocycles. The van der Waals surface area contributed by atoms with Gasteiger partial charge in [0.15, 0.2) is 5.96 Å². The summed E-state index contributed by atoms with van der Waals surface area (Å²) in [6.07, 6.45) is 3.53. The Morgan fingerprint density at radius 2 is 1.83 bits per heavy atom. The highest BCUT2D eigenvalue weighted by molar-refractivity contribution is 14.0. The van der Waals surface area contributed by atoms with Crippen LogP contribution in [0.4, 0.5) is 0 Å². The molecule has 9 nitrogen and oxygen atoms in total. The van der Waals surface area contributed by atoms with E-state index in [9.17, 15) is 9.59 Å². The lowest BCUT2D eigenvalue weighted by Crippen LogP contribution is -2.54. The van der Waals surface area contributed by atoms with Gasteiger partial charge in [-0.15, -0.1) is 24.0 Å². The molecule has 1 saturated heterocycles. The van der Waals surface area contributed by atoms with E-state index >= 15 is 0 Å². The maximum Gasteiger partial charge on any atom is 0.234 e. The highest BCUT2D eigenvalue weighted by Gasteiger charge is 2.23. The zero-order valence-corrected chi connectivity index (χ0v) is 20.1. The van der Waals surface area contributed by atoms with E-state index in [4.69, 9.17) is 4.74 Å². The van der Waals surface area contributed by atoms with E-state index in [1.165, 1.54) is 0 Å². The van der Waals surface area contributed by atoms with Crippen LogP contribution in [0.2, 0.25) is 0 Å². The monoisotopic (exact) mass is 524 g/mol. The SMILES string of the molecule is CCNC(=NCCCC(=O)NC1CC1)N1CCN(CC(=O)NCCOC)CC1.I. The Labute approximate surface area is 191 Å². The van der Waals surface area contributed by atoms with Gasteiger partial charge in [-0.1, -0.05) is 0 Å². The Balaban J connectivity index is 0.00000420. The molecular weight excluding hydrogens is 487 g/mol. The summed E-state index contributed by atoms with van der Waals surface area (Å²) in [5, 5.41) is 9.20. The third kappa shape index (κ3) is 11.0. The van der Waals surface area contributed by atoms with Crippen molar-refractivity contribution in [3.63, 3.8) is 0 Å². The zero-order valence-electron chi connectivity index (χ0n) is 17.7. The summed E-state index contributed by atoms with van der Waals surface area (Å²) < 4.78 is 4.94. The van der Waals surface area contributed by atoms with Crippen molar-refractivity contribution < 1.29 is 14.3 Å².